The van der Waals surface area contributed by atoms with Crippen LogP contribution in [0.15, 0.2) is 30.3 Å². The lowest BCUT2D eigenvalue weighted by molar-refractivity contribution is -0.299. The van der Waals surface area contributed by atoms with Gasteiger partial charge in [-0.2, -0.15) is 0 Å². The number of hydrogen-bond acceptors (Lipinski definition) is 10. The predicted molar refractivity (Wildman–Crippen MR) is 121 cm³/mol. The lowest BCUT2D eigenvalue weighted by Crippen LogP contribution is -2.63. The molecule has 0 unspecified atom stereocenters. The van der Waals surface area contributed by atoms with Crippen LogP contribution < -0.4 is 0 Å². The molecule has 1 aromatic rings. The van der Waals surface area contributed by atoms with E-state index >= 15 is 0 Å². The first-order chi connectivity index (χ1) is 15.9. The van der Waals surface area contributed by atoms with Crippen LogP contribution in [-0.2, 0) is 49.4 Å². The van der Waals surface area contributed by atoms with Crippen molar-refractivity contribution in [3.63, 3.8) is 0 Å². The summed E-state index contributed by atoms with van der Waals surface area (Å²) in [6, 6.07) is 8.99. The minimum Gasteiger partial charge on any atom is -0.463 e. The summed E-state index contributed by atoms with van der Waals surface area (Å²) < 4.78 is 30.7. The highest BCUT2D eigenvalue weighted by Crippen LogP contribution is 2.34. The lowest BCUT2D eigenvalue weighted by atomic mass is 9.98. The molecule has 34 heavy (non-hydrogen) atoms. The molecule has 0 amide bonds. The van der Waals surface area contributed by atoms with E-state index in [0.29, 0.717) is 0 Å². The molecule has 2 rings (SSSR count). The first-order valence-electron chi connectivity index (χ1n) is 9.99. The normalized spacial score (nSPS) is 24.6. The molecule has 1 saturated heterocycles. The smallest absolute Gasteiger partial charge is 0.303 e. The van der Waals surface area contributed by atoms with Crippen LogP contribution in [0.3, 0.4) is 0 Å². The zero-order chi connectivity index (χ0) is 25.5. The maximum atomic E-state index is 11.9. The van der Waals surface area contributed by atoms with Gasteiger partial charge in [0.25, 0.3) is 3.79 Å². The molecule has 188 valence electrons. The van der Waals surface area contributed by atoms with Gasteiger partial charge in [-0.1, -0.05) is 65.1 Å². The average Bonchev–Trinajstić information content (AvgIpc) is 2.73. The van der Waals surface area contributed by atoms with E-state index in [1.54, 1.807) is 24.3 Å². The Morgan fingerprint density at radius 1 is 0.912 bits per heavy atom. The molecule has 10 nitrogen and oxygen atoms in total. The van der Waals surface area contributed by atoms with Gasteiger partial charge in [-0.3, -0.25) is 19.8 Å². The van der Waals surface area contributed by atoms with E-state index in [4.69, 9.17) is 68.6 Å². The van der Waals surface area contributed by atoms with E-state index in [1.807, 2.05) is 6.07 Å². The van der Waals surface area contributed by atoms with Crippen molar-refractivity contribution in [1.82, 2.24) is 0 Å². The molecule has 0 saturated carbocycles. The SMILES string of the molecule is CC(=O)OC[C@H]1O[C@H](OC(=N)C(Cl)(Cl)Cl)[C@H](OCc2ccccc2)[C@@H](OC(C)=O)[C@@H]1OC(C)=O. The van der Waals surface area contributed by atoms with Crippen LogP contribution in [0, 0.1) is 5.41 Å². The number of carbonyl (C=O) groups is 3. The highest BCUT2D eigenvalue weighted by Gasteiger charge is 2.53. The van der Waals surface area contributed by atoms with E-state index < -0.39 is 64.9 Å². The second-order valence-corrected chi connectivity index (χ2v) is 9.48. The Balaban J connectivity index is 2.43. The monoisotopic (exact) mass is 539 g/mol. The van der Waals surface area contributed by atoms with Gasteiger partial charge in [0.1, 0.15) is 12.7 Å². The standard InChI is InChI=1S/C21H24Cl3NO9/c1-11(26)29-10-15-16(31-12(2)27)17(32-13(3)28)18(30-9-14-7-5-4-6-8-14)19(33-15)34-20(25)21(22,23)24/h4-8,15-19,25H,9-10H2,1-3H3/t15-,16-,17+,18-,19-/m1/s1. The molecule has 1 N–H and O–H groups in total. The van der Waals surface area contributed by atoms with Crippen molar-refractivity contribution in [2.75, 3.05) is 6.61 Å². The summed E-state index contributed by atoms with van der Waals surface area (Å²) in [5.74, 6) is -2.87. The lowest BCUT2D eigenvalue weighted by Gasteiger charge is -2.44. The highest BCUT2D eigenvalue weighted by molar-refractivity contribution is 6.76. The maximum Gasteiger partial charge on any atom is 0.303 e. The highest BCUT2D eigenvalue weighted by atomic mass is 35.6. The van der Waals surface area contributed by atoms with Crippen molar-refractivity contribution in [1.29, 1.82) is 5.41 Å². The summed E-state index contributed by atoms with van der Waals surface area (Å²) in [6.45, 7) is 3.08. The molecule has 1 aliphatic heterocycles. The third-order valence-corrected chi connectivity index (χ3v) is 4.94. The van der Waals surface area contributed by atoms with E-state index in [2.05, 4.69) is 0 Å². The van der Waals surface area contributed by atoms with Crippen molar-refractivity contribution in [3.8, 4) is 0 Å². The number of halogens is 3. The Morgan fingerprint density at radius 3 is 2.03 bits per heavy atom. The van der Waals surface area contributed by atoms with Crippen LogP contribution in [0.25, 0.3) is 0 Å². The summed E-state index contributed by atoms with van der Waals surface area (Å²) in [6.07, 6.45) is -6.41. The summed E-state index contributed by atoms with van der Waals surface area (Å²) in [7, 11) is 0. The minimum atomic E-state index is -2.23. The molecule has 5 atom stereocenters. The number of rotatable bonds is 8. The molecular weight excluding hydrogens is 517 g/mol. The van der Waals surface area contributed by atoms with Gasteiger partial charge in [-0.15, -0.1) is 0 Å². The van der Waals surface area contributed by atoms with E-state index in [1.165, 1.54) is 6.92 Å². The van der Waals surface area contributed by atoms with Gasteiger partial charge in [-0.25, -0.2) is 0 Å². The molecule has 1 fully saturated rings. The van der Waals surface area contributed by atoms with E-state index in [0.717, 1.165) is 19.4 Å². The van der Waals surface area contributed by atoms with E-state index in [9.17, 15) is 14.4 Å². The topological polar surface area (TPSA) is 130 Å². The number of carbonyl (C=O) groups excluding carboxylic acids is 3. The molecule has 0 aromatic heterocycles. The average molecular weight is 541 g/mol. The fourth-order valence-corrected chi connectivity index (χ4v) is 3.23. The molecule has 13 heteroatoms. The van der Waals surface area contributed by atoms with Crippen LogP contribution >= 0.6 is 34.8 Å². The number of benzene rings is 1. The quantitative estimate of drug-likeness (QED) is 0.174. The van der Waals surface area contributed by atoms with Gasteiger partial charge in [-0.05, 0) is 5.56 Å². The van der Waals surface area contributed by atoms with Crippen molar-refractivity contribution in [2.45, 2.75) is 61.9 Å². The summed E-state index contributed by atoms with van der Waals surface area (Å²) in [5, 5.41) is 7.94. The number of nitrogens with one attached hydrogen (secondary N) is 1. The molecule has 1 heterocycles. The Hall–Kier alpha value is -2.11. The summed E-state index contributed by atoms with van der Waals surface area (Å²) >= 11 is 17.2. The molecule has 0 aliphatic carbocycles. The van der Waals surface area contributed by atoms with Gasteiger partial charge in [0.05, 0.1) is 6.61 Å². The molecule has 0 spiro atoms. The third-order valence-electron chi connectivity index (χ3n) is 4.42. The molecular formula is C21H24Cl3NO9. The van der Waals surface area contributed by atoms with Gasteiger partial charge in [0.2, 0.25) is 12.2 Å². The van der Waals surface area contributed by atoms with Crippen molar-refractivity contribution in [3.05, 3.63) is 35.9 Å². The van der Waals surface area contributed by atoms with Crippen LogP contribution in [0.5, 0.6) is 0 Å². The van der Waals surface area contributed by atoms with Crippen LogP contribution in [-0.4, -0.2) is 64.9 Å². The first kappa shape index (κ1) is 28.1. The number of hydrogen-bond donors (Lipinski definition) is 1. The predicted octanol–water partition coefficient (Wildman–Crippen LogP) is 3.09. The van der Waals surface area contributed by atoms with Gasteiger partial charge >= 0.3 is 17.9 Å². The van der Waals surface area contributed by atoms with Crippen molar-refractivity contribution in [2.24, 2.45) is 0 Å². The fourth-order valence-electron chi connectivity index (χ4n) is 3.09. The van der Waals surface area contributed by atoms with Gasteiger partial charge < -0.3 is 28.4 Å². The molecule has 0 radical (unpaired) electrons. The maximum absolute atomic E-state index is 11.9. The van der Waals surface area contributed by atoms with Crippen molar-refractivity contribution < 1.29 is 42.8 Å². The Labute approximate surface area is 211 Å². The third kappa shape index (κ3) is 8.59. The second kappa shape index (κ2) is 12.6. The fraction of sp³-hybridized carbons (Fsp3) is 0.524. The Kier molecular flexibility index (Phi) is 10.4. The van der Waals surface area contributed by atoms with Gasteiger partial charge in [0, 0.05) is 20.8 Å². The second-order valence-electron chi connectivity index (χ2n) is 7.20. The molecule has 0 bridgehead atoms. The van der Waals surface area contributed by atoms with Crippen LogP contribution in [0.4, 0.5) is 0 Å². The molecule has 1 aliphatic rings. The zero-order valence-electron chi connectivity index (χ0n) is 18.5. The Morgan fingerprint density at radius 2 is 1.50 bits per heavy atom. The van der Waals surface area contributed by atoms with Crippen molar-refractivity contribution >= 4 is 58.6 Å². The first-order valence-corrected chi connectivity index (χ1v) is 11.1. The Bertz CT molecular complexity index is 878. The number of esters is 3. The van der Waals surface area contributed by atoms with Crippen LogP contribution in [0.2, 0.25) is 0 Å². The van der Waals surface area contributed by atoms with Gasteiger partial charge in [0.15, 0.2) is 18.3 Å². The van der Waals surface area contributed by atoms with Crippen LogP contribution in [0.1, 0.15) is 26.3 Å². The summed E-state index contributed by atoms with van der Waals surface area (Å²) in [5.41, 5.74) is 0.755. The number of alkyl halides is 3. The zero-order valence-corrected chi connectivity index (χ0v) is 20.8. The largest absolute Gasteiger partial charge is 0.463 e. The minimum absolute atomic E-state index is 0.00893. The molecule has 1 aromatic carbocycles. The van der Waals surface area contributed by atoms with E-state index in [-0.39, 0.29) is 6.61 Å². The number of ether oxygens (including phenoxy) is 6. The summed E-state index contributed by atoms with van der Waals surface area (Å²) in [4.78, 5) is 35.1.